The number of carbonyl (C=O) groups is 1. The molecule has 0 radical (unpaired) electrons. The van der Waals surface area contributed by atoms with Crippen LogP contribution in [0.1, 0.15) is 31.0 Å². The molecule has 0 spiro atoms. The fourth-order valence-electron chi connectivity index (χ4n) is 1.99. The minimum Gasteiger partial charge on any atom is -0.301 e. The molecule has 1 N–H and O–H groups in total. The molecule has 1 heterocycles. The fraction of sp³-hybridized carbons (Fsp3) is 0.364. The minimum atomic E-state index is -0.133. The molecule has 1 unspecified atom stereocenters. The zero-order valence-corrected chi connectivity index (χ0v) is 7.87. The highest BCUT2D eigenvalue weighted by molar-refractivity contribution is 5.65. The normalized spacial score (nSPS) is 24.0. The lowest BCUT2D eigenvalue weighted by atomic mass is 9.94. The van der Waals surface area contributed by atoms with Gasteiger partial charge in [0.25, 0.3) is 0 Å². The second-order valence-corrected chi connectivity index (χ2v) is 3.97. The van der Waals surface area contributed by atoms with Crippen LogP contribution >= 0.6 is 0 Å². The number of rotatable bonds is 1. The van der Waals surface area contributed by atoms with Crippen molar-refractivity contribution in [1.82, 2.24) is 5.32 Å². The molecule has 0 fully saturated rings. The average molecular weight is 175 g/mol. The summed E-state index contributed by atoms with van der Waals surface area (Å²) < 4.78 is 0. The van der Waals surface area contributed by atoms with Crippen molar-refractivity contribution in [1.29, 1.82) is 0 Å². The Balaban J connectivity index is 2.56. The van der Waals surface area contributed by atoms with Crippen LogP contribution < -0.4 is 5.32 Å². The highest BCUT2D eigenvalue weighted by atomic mass is 16.1. The summed E-state index contributed by atoms with van der Waals surface area (Å²) in [4.78, 5) is 10.8. The highest BCUT2D eigenvalue weighted by Crippen LogP contribution is 2.35. The van der Waals surface area contributed by atoms with Crippen LogP contribution in [0.3, 0.4) is 0 Å². The van der Waals surface area contributed by atoms with E-state index in [1.54, 1.807) is 0 Å². The molecule has 0 amide bonds. The van der Waals surface area contributed by atoms with Gasteiger partial charge in [0.1, 0.15) is 6.29 Å². The molecule has 2 nitrogen and oxygen atoms in total. The van der Waals surface area contributed by atoms with Crippen LogP contribution in [0.2, 0.25) is 0 Å². The van der Waals surface area contributed by atoms with Gasteiger partial charge in [0, 0.05) is 5.54 Å². The first-order valence-corrected chi connectivity index (χ1v) is 4.47. The first kappa shape index (κ1) is 8.45. The smallest absolute Gasteiger partial charge is 0.141 e. The predicted octanol–water partition coefficient (Wildman–Crippen LogP) is 1.76. The Kier molecular flexibility index (Phi) is 1.74. The van der Waals surface area contributed by atoms with Gasteiger partial charge in [-0.15, -0.1) is 0 Å². The van der Waals surface area contributed by atoms with E-state index in [-0.39, 0.29) is 11.6 Å². The maximum atomic E-state index is 10.8. The van der Waals surface area contributed by atoms with Gasteiger partial charge in [0.05, 0.1) is 6.04 Å². The Labute approximate surface area is 78.0 Å². The Bertz CT molecular complexity index is 344. The molecule has 13 heavy (non-hydrogen) atoms. The van der Waals surface area contributed by atoms with Crippen molar-refractivity contribution in [2.45, 2.75) is 25.4 Å². The van der Waals surface area contributed by atoms with Gasteiger partial charge in [0.15, 0.2) is 0 Å². The van der Waals surface area contributed by atoms with Gasteiger partial charge < -0.3 is 4.79 Å². The van der Waals surface area contributed by atoms with Crippen LogP contribution in [0.15, 0.2) is 24.3 Å². The number of aldehydes is 1. The first-order valence-electron chi connectivity index (χ1n) is 4.47. The molecule has 2 rings (SSSR count). The summed E-state index contributed by atoms with van der Waals surface area (Å²) in [6, 6.07) is 7.93. The van der Waals surface area contributed by atoms with Crippen LogP contribution in [-0.2, 0) is 10.3 Å². The SMILES string of the molecule is CC1(C)NC(C=O)c2ccccc21. The lowest BCUT2D eigenvalue weighted by Crippen LogP contribution is -2.32. The summed E-state index contributed by atoms with van der Waals surface area (Å²) >= 11 is 0. The van der Waals surface area contributed by atoms with Gasteiger partial charge in [-0.05, 0) is 25.0 Å². The number of fused-ring (bicyclic) bond motifs is 1. The molecular weight excluding hydrogens is 162 g/mol. The van der Waals surface area contributed by atoms with Crippen LogP contribution in [0.25, 0.3) is 0 Å². The maximum absolute atomic E-state index is 10.8. The molecule has 0 aliphatic carbocycles. The summed E-state index contributed by atoms with van der Waals surface area (Å²) in [6.45, 7) is 4.19. The summed E-state index contributed by atoms with van der Waals surface area (Å²) in [6.07, 6.45) is 0.966. The summed E-state index contributed by atoms with van der Waals surface area (Å²) in [5, 5.41) is 3.28. The van der Waals surface area contributed by atoms with Gasteiger partial charge in [-0.25, -0.2) is 0 Å². The predicted molar refractivity (Wildman–Crippen MR) is 51.4 cm³/mol. The highest BCUT2D eigenvalue weighted by Gasteiger charge is 2.35. The van der Waals surface area contributed by atoms with E-state index in [0.29, 0.717) is 0 Å². The van der Waals surface area contributed by atoms with Gasteiger partial charge in [-0.2, -0.15) is 0 Å². The third kappa shape index (κ3) is 1.18. The van der Waals surface area contributed by atoms with Gasteiger partial charge in [0.2, 0.25) is 0 Å². The number of hydrogen-bond donors (Lipinski definition) is 1. The van der Waals surface area contributed by atoms with E-state index in [9.17, 15) is 4.79 Å². The van der Waals surface area contributed by atoms with Gasteiger partial charge >= 0.3 is 0 Å². The number of benzene rings is 1. The molecule has 0 bridgehead atoms. The largest absolute Gasteiger partial charge is 0.301 e. The van der Waals surface area contributed by atoms with Crippen molar-refractivity contribution < 1.29 is 4.79 Å². The fourth-order valence-corrected chi connectivity index (χ4v) is 1.99. The molecule has 0 aromatic heterocycles. The molecule has 2 heteroatoms. The topological polar surface area (TPSA) is 29.1 Å². The van der Waals surface area contributed by atoms with Crippen molar-refractivity contribution in [3.05, 3.63) is 35.4 Å². The van der Waals surface area contributed by atoms with E-state index < -0.39 is 0 Å². The van der Waals surface area contributed by atoms with Crippen molar-refractivity contribution in [3.63, 3.8) is 0 Å². The molecule has 1 aromatic carbocycles. The van der Waals surface area contributed by atoms with Gasteiger partial charge in [-0.1, -0.05) is 24.3 Å². The summed E-state index contributed by atoms with van der Waals surface area (Å²) in [5.41, 5.74) is 2.26. The number of carbonyl (C=O) groups excluding carboxylic acids is 1. The molecule has 1 aliphatic rings. The zero-order valence-electron chi connectivity index (χ0n) is 7.87. The molecule has 1 aromatic rings. The summed E-state index contributed by atoms with van der Waals surface area (Å²) in [7, 11) is 0. The van der Waals surface area contributed by atoms with E-state index in [1.165, 1.54) is 5.56 Å². The number of hydrogen-bond acceptors (Lipinski definition) is 2. The minimum absolute atomic E-state index is 0.0812. The maximum Gasteiger partial charge on any atom is 0.141 e. The average Bonchev–Trinajstić information content (AvgIpc) is 2.39. The monoisotopic (exact) mass is 175 g/mol. The third-order valence-electron chi connectivity index (χ3n) is 2.62. The van der Waals surface area contributed by atoms with E-state index >= 15 is 0 Å². The van der Waals surface area contributed by atoms with Crippen LogP contribution in [0.4, 0.5) is 0 Å². The molecule has 1 aliphatic heterocycles. The van der Waals surface area contributed by atoms with Crippen LogP contribution in [0, 0.1) is 0 Å². The lowest BCUT2D eigenvalue weighted by molar-refractivity contribution is -0.109. The molecular formula is C11H13NO. The first-order chi connectivity index (χ1) is 6.15. The second kappa shape index (κ2) is 2.67. The standard InChI is InChI=1S/C11H13NO/c1-11(2)9-6-4-3-5-8(9)10(7-13)12-11/h3-7,10,12H,1-2H3. The van der Waals surface area contributed by atoms with Crippen molar-refractivity contribution >= 4 is 6.29 Å². The Hall–Kier alpha value is -1.15. The van der Waals surface area contributed by atoms with Crippen molar-refractivity contribution in [2.24, 2.45) is 0 Å². The van der Waals surface area contributed by atoms with Gasteiger partial charge in [-0.3, -0.25) is 5.32 Å². The molecule has 0 saturated carbocycles. The second-order valence-electron chi connectivity index (χ2n) is 3.97. The zero-order chi connectivity index (χ0) is 9.47. The van der Waals surface area contributed by atoms with Crippen LogP contribution in [0.5, 0.6) is 0 Å². The summed E-state index contributed by atoms with van der Waals surface area (Å²) in [5.74, 6) is 0. The molecule has 68 valence electrons. The molecule has 0 saturated heterocycles. The Morgan fingerprint density at radius 1 is 1.38 bits per heavy atom. The van der Waals surface area contributed by atoms with Crippen LogP contribution in [-0.4, -0.2) is 6.29 Å². The molecule has 1 atom stereocenters. The van der Waals surface area contributed by atoms with E-state index in [2.05, 4.69) is 25.2 Å². The number of nitrogens with one attached hydrogen (secondary N) is 1. The quantitative estimate of drug-likeness (QED) is 0.659. The third-order valence-corrected chi connectivity index (χ3v) is 2.62. The van der Waals surface area contributed by atoms with Crippen molar-refractivity contribution in [3.8, 4) is 0 Å². The lowest BCUT2D eigenvalue weighted by Gasteiger charge is -2.19. The van der Waals surface area contributed by atoms with E-state index in [1.807, 2.05) is 18.2 Å². The Morgan fingerprint density at radius 2 is 2.08 bits per heavy atom. The Morgan fingerprint density at radius 3 is 2.77 bits per heavy atom. The van der Waals surface area contributed by atoms with E-state index in [4.69, 9.17) is 0 Å². The van der Waals surface area contributed by atoms with Crippen molar-refractivity contribution in [2.75, 3.05) is 0 Å². The van der Waals surface area contributed by atoms with E-state index in [0.717, 1.165) is 11.8 Å².